The van der Waals surface area contributed by atoms with Gasteiger partial charge in [-0.25, -0.2) is 0 Å². The summed E-state index contributed by atoms with van der Waals surface area (Å²) >= 11 is 0. The highest BCUT2D eigenvalue weighted by molar-refractivity contribution is 6.06. The molecule has 0 aliphatic carbocycles. The zero-order valence-electron chi connectivity index (χ0n) is 15.7. The van der Waals surface area contributed by atoms with E-state index >= 15 is 0 Å². The number of para-hydroxylation sites is 1. The number of aromatic nitrogens is 1. The summed E-state index contributed by atoms with van der Waals surface area (Å²) in [5, 5.41) is 3.08. The van der Waals surface area contributed by atoms with Crippen molar-refractivity contribution in [3.63, 3.8) is 0 Å². The summed E-state index contributed by atoms with van der Waals surface area (Å²) < 4.78 is 6.03. The van der Waals surface area contributed by atoms with Crippen LogP contribution in [0.2, 0.25) is 0 Å². The zero-order valence-corrected chi connectivity index (χ0v) is 15.7. The lowest BCUT2D eigenvalue weighted by Gasteiger charge is -2.35. The van der Waals surface area contributed by atoms with Crippen LogP contribution in [-0.4, -0.2) is 28.4 Å². The Morgan fingerprint density at radius 2 is 1.96 bits per heavy atom. The third-order valence-corrected chi connectivity index (χ3v) is 5.72. The Labute approximate surface area is 163 Å². The van der Waals surface area contributed by atoms with Crippen molar-refractivity contribution in [2.24, 2.45) is 0 Å². The molecule has 1 saturated heterocycles. The Morgan fingerprint density at radius 3 is 2.89 bits per heavy atom. The fourth-order valence-corrected chi connectivity index (χ4v) is 4.30. The smallest absolute Gasteiger partial charge is 0.254 e. The van der Waals surface area contributed by atoms with Crippen molar-refractivity contribution < 1.29 is 9.21 Å². The number of carbonyl (C=O) groups excluding carboxylic acids is 1. The number of hydrogen-bond acceptors (Lipinski definition) is 3. The van der Waals surface area contributed by atoms with Gasteiger partial charge >= 0.3 is 0 Å². The zero-order chi connectivity index (χ0) is 18.9. The van der Waals surface area contributed by atoms with E-state index in [2.05, 4.69) is 17.1 Å². The summed E-state index contributed by atoms with van der Waals surface area (Å²) in [5.74, 6) is 1.05. The first-order chi connectivity index (χ1) is 13.8. The van der Waals surface area contributed by atoms with E-state index in [1.807, 2.05) is 47.4 Å². The molecule has 1 aliphatic heterocycles. The third-order valence-electron chi connectivity index (χ3n) is 5.72. The maximum absolute atomic E-state index is 13.5. The maximum atomic E-state index is 13.5. The molecule has 0 radical (unpaired) electrons. The molecule has 0 bridgehead atoms. The van der Waals surface area contributed by atoms with Crippen LogP contribution in [0.1, 0.15) is 35.4 Å². The van der Waals surface area contributed by atoms with Crippen LogP contribution in [0.15, 0.2) is 71.4 Å². The molecule has 3 heterocycles. The second-order valence-electron chi connectivity index (χ2n) is 7.51. The Hall–Kier alpha value is -3.14. The van der Waals surface area contributed by atoms with E-state index in [0.29, 0.717) is 0 Å². The first-order valence-electron chi connectivity index (χ1n) is 9.91. The molecule has 1 aliphatic rings. The summed E-state index contributed by atoms with van der Waals surface area (Å²) in [6.45, 7) is 0.792. The lowest BCUT2D eigenvalue weighted by Crippen LogP contribution is -2.44. The lowest BCUT2D eigenvalue weighted by atomic mass is 9.96. The van der Waals surface area contributed by atoms with Crippen molar-refractivity contribution in [1.29, 1.82) is 0 Å². The number of likely N-dealkylation sites (tertiary alicyclic amines) is 1. The number of hydrogen-bond donors (Lipinski definition) is 0. The number of nitrogens with zero attached hydrogens (tertiary/aromatic N) is 2. The second-order valence-corrected chi connectivity index (χ2v) is 7.51. The molecule has 4 aromatic rings. The molecule has 140 valence electrons. The molecule has 1 atom stereocenters. The van der Waals surface area contributed by atoms with E-state index < -0.39 is 0 Å². The van der Waals surface area contributed by atoms with Crippen LogP contribution in [0.5, 0.6) is 0 Å². The minimum atomic E-state index is 0.0967. The van der Waals surface area contributed by atoms with Gasteiger partial charge in [0.1, 0.15) is 11.3 Å². The summed E-state index contributed by atoms with van der Waals surface area (Å²) in [6.07, 6.45) is 7.51. The Balaban J connectivity index is 1.45. The van der Waals surface area contributed by atoms with Gasteiger partial charge in [-0.15, -0.1) is 0 Å². The van der Waals surface area contributed by atoms with Crippen LogP contribution in [0, 0.1) is 0 Å². The predicted molar refractivity (Wildman–Crippen MR) is 110 cm³/mol. The van der Waals surface area contributed by atoms with Crippen molar-refractivity contribution in [1.82, 2.24) is 9.88 Å². The van der Waals surface area contributed by atoms with E-state index in [1.54, 1.807) is 12.4 Å². The number of rotatable bonds is 3. The highest BCUT2D eigenvalue weighted by Gasteiger charge is 2.29. The van der Waals surface area contributed by atoms with Gasteiger partial charge in [0.05, 0.1) is 0 Å². The number of piperidine rings is 1. The van der Waals surface area contributed by atoms with Crippen LogP contribution < -0.4 is 0 Å². The van der Waals surface area contributed by atoms with Crippen molar-refractivity contribution in [2.45, 2.75) is 31.7 Å². The maximum Gasteiger partial charge on any atom is 0.254 e. The number of amides is 1. The van der Waals surface area contributed by atoms with Crippen molar-refractivity contribution in [2.75, 3.05) is 6.54 Å². The molecule has 0 spiro atoms. The predicted octanol–water partition coefficient (Wildman–Crippen LogP) is 5.22. The molecule has 4 heteroatoms. The van der Waals surface area contributed by atoms with E-state index in [4.69, 9.17) is 4.42 Å². The molecular weight excluding hydrogens is 348 g/mol. The minimum absolute atomic E-state index is 0.0967. The van der Waals surface area contributed by atoms with Crippen LogP contribution >= 0.6 is 0 Å². The fourth-order valence-electron chi connectivity index (χ4n) is 4.30. The molecular formula is C24H22N2O2. The number of furan rings is 1. The van der Waals surface area contributed by atoms with E-state index in [9.17, 15) is 4.79 Å². The summed E-state index contributed by atoms with van der Waals surface area (Å²) in [5.41, 5.74) is 1.65. The minimum Gasteiger partial charge on any atom is -0.461 e. The third kappa shape index (κ3) is 3.05. The van der Waals surface area contributed by atoms with Gasteiger partial charge in [0.25, 0.3) is 5.91 Å². The molecule has 0 N–H and O–H groups in total. The van der Waals surface area contributed by atoms with Crippen LogP contribution in [0.4, 0.5) is 0 Å². The molecule has 0 saturated carbocycles. The van der Waals surface area contributed by atoms with Crippen molar-refractivity contribution in [3.8, 4) is 0 Å². The molecule has 1 amide bonds. The fraction of sp³-hybridized carbons (Fsp3) is 0.250. The number of benzene rings is 2. The first kappa shape index (κ1) is 17.0. The van der Waals surface area contributed by atoms with E-state index in [-0.39, 0.29) is 11.9 Å². The number of carbonyl (C=O) groups is 1. The van der Waals surface area contributed by atoms with Crippen molar-refractivity contribution >= 4 is 27.6 Å². The quantitative estimate of drug-likeness (QED) is 0.497. The van der Waals surface area contributed by atoms with Gasteiger partial charge < -0.3 is 9.32 Å². The Morgan fingerprint density at radius 1 is 1.07 bits per heavy atom. The number of fused-ring (bicyclic) bond motifs is 2. The van der Waals surface area contributed by atoms with Gasteiger partial charge in [0, 0.05) is 47.7 Å². The summed E-state index contributed by atoms with van der Waals surface area (Å²) in [4.78, 5) is 19.7. The molecule has 2 aromatic heterocycles. The van der Waals surface area contributed by atoms with Crippen LogP contribution in [-0.2, 0) is 6.42 Å². The van der Waals surface area contributed by atoms with E-state index in [0.717, 1.165) is 65.3 Å². The number of pyridine rings is 1. The topological polar surface area (TPSA) is 46.3 Å². The molecule has 5 rings (SSSR count). The van der Waals surface area contributed by atoms with Crippen LogP contribution in [0.3, 0.4) is 0 Å². The highest BCUT2D eigenvalue weighted by atomic mass is 16.3. The molecule has 28 heavy (non-hydrogen) atoms. The van der Waals surface area contributed by atoms with Gasteiger partial charge in [-0.1, -0.05) is 30.3 Å². The normalized spacial score (nSPS) is 17.3. The summed E-state index contributed by atoms with van der Waals surface area (Å²) in [6, 6.07) is 18.2. The van der Waals surface area contributed by atoms with Crippen molar-refractivity contribution in [3.05, 3.63) is 78.3 Å². The van der Waals surface area contributed by atoms with Gasteiger partial charge in [0.2, 0.25) is 0 Å². The van der Waals surface area contributed by atoms with E-state index in [1.165, 1.54) is 0 Å². The Bertz CT molecular complexity index is 1110. The molecule has 1 fully saturated rings. The molecule has 1 unspecified atom stereocenters. The highest BCUT2D eigenvalue weighted by Crippen LogP contribution is 2.27. The van der Waals surface area contributed by atoms with Gasteiger partial charge in [-0.3, -0.25) is 9.78 Å². The van der Waals surface area contributed by atoms with Gasteiger partial charge in [-0.05, 0) is 48.9 Å². The van der Waals surface area contributed by atoms with Crippen LogP contribution in [0.25, 0.3) is 21.7 Å². The average Bonchev–Trinajstić information content (AvgIpc) is 3.15. The molecule has 4 nitrogen and oxygen atoms in total. The second kappa shape index (κ2) is 7.12. The SMILES string of the molecule is O=C(c1cccc2ccncc12)N1CCCCC1Cc1cc2ccccc2o1. The Kier molecular flexibility index (Phi) is 4.32. The van der Waals surface area contributed by atoms with Gasteiger partial charge in [-0.2, -0.15) is 0 Å². The van der Waals surface area contributed by atoms with Gasteiger partial charge in [0.15, 0.2) is 0 Å². The summed E-state index contributed by atoms with van der Waals surface area (Å²) in [7, 11) is 0. The standard InChI is InChI=1S/C24H22N2O2/c27-24(21-9-5-7-17-11-12-25-16-22(17)21)26-13-4-3-8-19(26)15-20-14-18-6-1-2-10-23(18)28-20/h1-2,5-7,9-12,14,16,19H,3-4,8,13,15H2. The average molecular weight is 370 g/mol. The monoisotopic (exact) mass is 370 g/mol. The first-order valence-corrected chi connectivity index (χ1v) is 9.91. The lowest BCUT2D eigenvalue weighted by molar-refractivity contribution is 0.0610. The molecule has 2 aromatic carbocycles. The largest absolute Gasteiger partial charge is 0.461 e.